The molecule has 0 aliphatic heterocycles. The highest BCUT2D eigenvalue weighted by atomic mass is 32.2. The van der Waals surface area contributed by atoms with Gasteiger partial charge < -0.3 is 5.32 Å². The van der Waals surface area contributed by atoms with Gasteiger partial charge in [-0.05, 0) is 50.5 Å². The number of rotatable bonds is 6. The number of hydrogen-bond donors (Lipinski definition) is 2. The fourth-order valence-electron chi connectivity index (χ4n) is 3.04. The van der Waals surface area contributed by atoms with Crippen LogP contribution in [0.15, 0.2) is 41.3 Å². The molecule has 0 amide bonds. The van der Waals surface area contributed by atoms with Crippen molar-refractivity contribution < 1.29 is 21.6 Å². The van der Waals surface area contributed by atoms with E-state index in [9.17, 15) is 21.6 Å². The lowest BCUT2D eigenvalue weighted by molar-refractivity contribution is -0.148. The highest BCUT2D eigenvalue weighted by molar-refractivity contribution is 7.89. The molecule has 8 heteroatoms. The van der Waals surface area contributed by atoms with Crippen molar-refractivity contribution in [3.05, 3.63) is 58.7 Å². The van der Waals surface area contributed by atoms with Gasteiger partial charge in [0.05, 0.1) is 4.90 Å². The summed E-state index contributed by atoms with van der Waals surface area (Å²) in [7, 11) is -4.35. The highest BCUT2D eigenvalue weighted by Gasteiger charge is 2.42. The number of hydrogen-bond acceptors (Lipinski definition) is 3. The molecule has 0 heterocycles. The number of para-hydroxylation sites is 1. The van der Waals surface area contributed by atoms with Crippen LogP contribution in [-0.2, 0) is 10.0 Å². The van der Waals surface area contributed by atoms with Gasteiger partial charge in [0.25, 0.3) is 0 Å². The minimum absolute atomic E-state index is 0.113. The number of halogens is 3. The van der Waals surface area contributed by atoms with Gasteiger partial charge in [-0.3, -0.25) is 0 Å². The first-order valence-electron chi connectivity index (χ1n) is 8.38. The van der Waals surface area contributed by atoms with E-state index in [0.717, 1.165) is 11.1 Å². The van der Waals surface area contributed by atoms with Crippen molar-refractivity contribution in [1.29, 1.82) is 0 Å². The van der Waals surface area contributed by atoms with Crippen LogP contribution >= 0.6 is 0 Å². The molecular weight excluding hydrogens is 377 g/mol. The van der Waals surface area contributed by atoms with Crippen LogP contribution in [-0.4, -0.2) is 27.2 Å². The summed E-state index contributed by atoms with van der Waals surface area (Å²) in [6.07, 6.45) is -4.74. The molecule has 0 aliphatic rings. The summed E-state index contributed by atoms with van der Waals surface area (Å²) in [5.74, 6) is 0. The van der Waals surface area contributed by atoms with Crippen molar-refractivity contribution in [1.82, 2.24) is 4.72 Å². The van der Waals surface area contributed by atoms with E-state index in [1.165, 1.54) is 0 Å². The molecule has 2 rings (SSSR count). The SMILES string of the molecule is Cc1cc(C)c(S(=O)(=O)NC(CNc2ccccc2C)C(F)(F)F)c(C)c1. The zero-order chi connectivity index (χ0) is 20.4. The molecular formula is C19H23F3N2O2S. The first-order chi connectivity index (χ1) is 12.4. The smallest absolute Gasteiger partial charge is 0.383 e. The fourth-order valence-corrected chi connectivity index (χ4v) is 4.72. The molecule has 27 heavy (non-hydrogen) atoms. The molecule has 0 bridgehead atoms. The van der Waals surface area contributed by atoms with Crippen LogP contribution in [0.1, 0.15) is 22.3 Å². The molecule has 0 spiro atoms. The first-order valence-corrected chi connectivity index (χ1v) is 9.86. The number of aryl methyl sites for hydroxylation is 4. The minimum Gasteiger partial charge on any atom is -0.383 e. The molecule has 1 unspecified atom stereocenters. The molecule has 2 aromatic rings. The van der Waals surface area contributed by atoms with Gasteiger partial charge in [0.1, 0.15) is 6.04 Å². The van der Waals surface area contributed by atoms with Crippen LogP contribution < -0.4 is 10.0 Å². The summed E-state index contributed by atoms with van der Waals surface area (Å²) in [6.45, 7) is 6.09. The zero-order valence-corrected chi connectivity index (χ0v) is 16.4. The topological polar surface area (TPSA) is 58.2 Å². The summed E-state index contributed by atoms with van der Waals surface area (Å²) >= 11 is 0. The van der Waals surface area contributed by atoms with Gasteiger partial charge >= 0.3 is 6.18 Å². The summed E-state index contributed by atoms with van der Waals surface area (Å²) in [6, 6.07) is 7.88. The van der Waals surface area contributed by atoms with Crippen LogP contribution in [0, 0.1) is 27.7 Å². The Hall–Kier alpha value is -2.06. The van der Waals surface area contributed by atoms with Crippen LogP contribution in [0.3, 0.4) is 0 Å². The van der Waals surface area contributed by atoms with Crippen molar-refractivity contribution in [2.24, 2.45) is 0 Å². The average Bonchev–Trinajstić information content (AvgIpc) is 2.50. The van der Waals surface area contributed by atoms with E-state index in [-0.39, 0.29) is 4.90 Å². The van der Waals surface area contributed by atoms with Crippen LogP contribution in [0.25, 0.3) is 0 Å². The molecule has 0 radical (unpaired) electrons. The average molecular weight is 400 g/mol. The summed E-state index contributed by atoms with van der Waals surface area (Å²) < 4.78 is 67.6. The third kappa shape index (κ3) is 5.23. The van der Waals surface area contributed by atoms with E-state index in [1.54, 1.807) is 64.1 Å². The molecule has 2 aromatic carbocycles. The van der Waals surface area contributed by atoms with E-state index in [4.69, 9.17) is 0 Å². The second-order valence-corrected chi connectivity index (χ2v) is 8.29. The molecule has 0 fully saturated rings. The van der Waals surface area contributed by atoms with Gasteiger partial charge in [0, 0.05) is 12.2 Å². The van der Waals surface area contributed by atoms with Gasteiger partial charge in [-0.15, -0.1) is 0 Å². The Balaban J connectivity index is 2.29. The Morgan fingerprint density at radius 3 is 2.04 bits per heavy atom. The standard InChI is InChI=1S/C19H23F3N2O2S/c1-12-9-14(3)18(15(4)10-12)27(25,26)24-17(19(20,21)22)11-23-16-8-6-5-7-13(16)2/h5-10,17,23-24H,11H2,1-4H3. The molecule has 4 nitrogen and oxygen atoms in total. The lowest BCUT2D eigenvalue weighted by Crippen LogP contribution is -2.49. The van der Waals surface area contributed by atoms with Gasteiger partial charge in [-0.1, -0.05) is 35.9 Å². The van der Waals surface area contributed by atoms with Crippen LogP contribution in [0.5, 0.6) is 0 Å². The summed E-state index contributed by atoms with van der Waals surface area (Å²) in [4.78, 5) is -0.113. The zero-order valence-electron chi connectivity index (χ0n) is 15.6. The van der Waals surface area contributed by atoms with E-state index in [2.05, 4.69) is 5.32 Å². The summed E-state index contributed by atoms with van der Waals surface area (Å²) in [5, 5.41) is 2.69. The Labute approximate surface area is 157 Å². The molecule has 1 atom stereocenters. The Kier molecular flexibility index (Phi) is 6.21. The number of nitrogens with one attached hydrogen (secondary N) is 2. The number of sulfonamides is 1. The number of alkyl halides is 3. The van der Waals surface area contributed by atoms with Gasteiger partial charge in [-0.2, -0.15) is 17.9 Å². The second kappa shape index (κ2) is 7.90. The Bertz CT molecular complexity index is 902. The molecule has 0 aliphatic carbocycles. The van der Waals surface area contributed by atoms with E-state index >= 15 is 0 Å². The predicted molar refractivity (Wildman–Crippen MR) is 100 cm³/mol. The normalized spacial score (nSPS) is 13.4. The van der Waals surface area contributed by atoms with Crippen molar-refractivity contribution in [3.63, 3.8) is 0 Å². The second-order valence-electron chi connectivity index (χ2n) is 6.64. The van der Waals surface area contributed by atoms with Crippen molar-refractivity contribution >= 4 is 15.7 Å². The molecule has 148 valence electrons. The fraction of sp³-hybridized carbons (Fsp3) is 0.368. The summed E-state index contributed by atoms with van der Waals surface area (Å²) in [5.41, 5.74) is 2.96. The third-order valence-corrected chi connectivity index (χ3v) is 5.98. The van der Waals surface area contributed by atoms with Crippen LogP contribution in [0.4, 0.5) is 18.9 Å². The third-order valence-electron chi connectivity index (χ3n) is 4.21. The van der Waals surface area contributed by atoms with Crippen molar-refractivity contribution in [3.8, 4) is 0 Å². The van der Waals surface area contributed by atoms with Gasteiger partial charge in [0.2, 0.25) is 10.0 Å². The van der Waals surface area contributed by atoms with E-state index < -0.39 is 28.8 Å². The maximum absolute atomic E-state index is 13.5. The number of benzene rings is 2. The van der Waals surface area contributed by atoms with Gasteiger partial charge in [0.15, 0.2) is 0 Å². The monoisotopic (exact) mass is 400 g/mol. The first kappa shape index (κ1) is 21.2. The largest absolute Gasteiger partial charge is 0.406 e. The lowest BCUT2D eigenvalue weighted by atomic mass is 10.1. The minimum atomic E-state index is -4.74. The molecule has 0 saturated heterocycles. The molecule has 0 aromatic heterocycles. The predicted octanol–water partition coefficient (Wildman–Crippen LogP) is 4.24. The van der Waals surface area contributed by atoms with Crippen LogP contribution in [0.2, 0.25) is 0 Å². The van der Waals surface area contributed by atoms with Crippen molar-refractivity contribution in [2.45, 2.75) is 44.8 Å². The molecule has 0 saturated carbocycles. The lowest BCUT2D eigenvalue weighted by Gasteiger charge is -2.24. The maximum atomic E-state index is 13.5. The maximum Gasteiger partial charge on any atom is 0.406 e. The number of anilines is 1. The van der Waals surface area contributed by atoms with Crippen molar-refractivity contribution in [2.75, 3.05) is 11.9 Å². The van der Waals surface area contributed by atoms with E-state index in [0.29, 0.717) is 16.8 Å². The Morgan fingerprint density at radius 1 is 0.963 bits per heavy atom. The van der Waals surface area contributed by atoms with E-state index in [1.807, 2.05) is 4.72 Å². The Morgan fingerprint density at radius 2 is 1.52 bits per heavy atom. The highest BCUT2D eigenvalue weighted by Crippen LogP contribution is 2.26. The molecule has 2 N–H and O–H groups in total. The van der Waals surface area contributed by atoms with Gasteiger partial charge in [-0.25, -0.2) is 8.42 Å². The quantitative estimate of drug-likeness (QED) is 0.763.